The first-order chi connectivity index (χ1) is 14.1. The number of carbonyl (C=O) groups excluding carboxylic acids is 1. The molecule has 3 aromatic rings. The molecule has 4 rings (SSSR count). The van der Waals surface area contributed by atoms with Crippen LogP contribution in [0.1, 0.15) is 46.9 Å². The predicted molar refractivity (Wildman–Crippen MR) is 109 cm³/mol. The van der Waals surface area contributed by atoms with Crippen LogP contribution in [0.25, 0.3) is 22.6 Å². The van der Waals surface area contributed by atoms with Gasteiger partial charge in [0.2, 0.25) is 0 Å². The fourth-order valence-electron chi connectivity index (χ4n) is 3.71. The fourth-order valence-corrected chi connectivity index (χ4v) is 3.71. The molecule has 0 fully saturated rings. The van der Waals surface area contributed by atoms with E-state index in [0.717, 1.165) is 40.6 Å². The minimum atomic E-state index is -0.831. The Labute approximate surface area is 168 Å². The van der Waals surface area contributed by atoms with Crippen molar-refractivity contribution in [2.24, 2.45) is 0 Å². The SMILES string of the molecule is C[C@H](C#N)OC(=O)c1c2c(nc3ccccc13)/C(=C\c1ccc(F)cc1)CCC2. The van der Waals surface area contributed by atoms with Gasteiger partial charge in [0.1, 0.15) is 11.9 Å². The molecule has 144 valence electrons. The molecule has 2 aromatic carbocycles. The second-order valence-electron chi connectivity index (χ2n) is 7.08. The molecule has 0 spiro atoms. The zero-order valence-corrected chi connectivity index (χ0v) is 16.0. The molecule has 1 heterocycles. The van der Waals surface area contributed by atoms with E-state index in [-0.39, 0.29) is 5.82 Å². The van der Waals surface area contributed by atoms with Crippen LogP contribution in [0.5, 0.6) is 0 Å². The van der Waals surface area contributed by atoms with Gasteiger partial charge in [0.15, 0.2) is 6.10 Å². The maximum Gasteiger partial charge on any atom is 0.340 e. The Hall–Kier alpha value is -3.52. The molecule has 1 aliphatic carbocycles. The maximum absolute atomic E-state index is 13.2. The number of pyridine rings is 1. The predicted octanol–water partition coefficient (Wildman–Crippen LogP) is 5.32. The second kappa shape index (κ2) is 7.84. The first-order valence-corrected chi connectivity index (χ1v) is 9.55. The van der Waals surface area contributed by atoms with Crippen molar-refractivity contribution in [3.05, 3.63) is 76.7 Å². The number of nitriles is 1. The Bertz CT molecular complexity index is 1160. The Kier molecular flexibility index (Phi) is 5.09. The highest BCUT2D eigenvalue weighted by Gasteiger charge is 2.26. The molecule has 0 amide bonds. The van der Waals surface area contributed by atoms with Gasteiger partial charge in [0.05, 0.1) is 16.8 Å². The second-order valence-corrected chi connectivity index (χ2v) is 7.08. The van der Waals surface area contributed by atoms with E-state index < -0.39 is 12.1 Å². The highest BCUT2D eigenvalue weighted by molar-refractivity contribution is 6.06. The average molecular weight is 386 g/mol. The standard InChI is InChI=1S/C24H19FN2O2/c1-15(14-26)29-24(28)22-19-6-2-3-8-21(19)27-23-17(5-4-7-20(22)23)13-16-9-11-18(25)12-10-16/h2-3,6,8-13,15H,4-5,7H2,1H3/b17-13-/t15-/m1/s1. The number of hydrogen-bond acceptors (Lipinski definition) is 4. The van der Waals surface area contributed by atoms with Crippen LogP contribution in [0.2, 0.25) is 0 Å². The number of hydrogen-bond donors (Lipinski definition) is 0. The van der Waals surface area contributed by atoms with E-state index in [4.69, 9.17) is 15.0 Å². The Morgan fingerprint density at radius 3 is 2.72 bits per heavy atom. The minimum absolute atomic E-state index is 0.281. The minimum Gasteiger partial charge on any atom is -0.444 e. The van der Waals surface area contributed by atoms with E-state index in [1.165, 1.54) is 12.1 Å². The number of fused-ring (bicyclic) bond motifs is 2. The molecule has 0 unspecified atom stereocenters. The van der Waals surface area contributed by atoms with E-state index in [0.29, 0.717) is 17.5 Å². The maximum atomic E-state index is 13.2. The number of carbonyl (C=O) groups is 1. The largest absolute Gasteiger partial charge is 0.444 e. The molecule has 29 heavy (non-hydrogen) atoms. The highest BCUT2D eigenvalue weighted by Crippen LogP contribution is 2.36. The summed E-state index contributed by atoms with van der Waals surface area (Å²) in [6.45, 7) is 1.55. The number of rotatable bonds is 3. The van der Waals surface area contributed by atoms with Crippen molar-refractivity contribution in [1.29, 1.82) is 5.26 Å². The van der Waals surface area contributed by atoms with E-state index in [1.807, 2.05) is 36.4 Å². The normalized spacial score (nSPS) is 15.6. The summed E-state index contributed by atoms with van der Waals surface area (Å²) in [6, 6.07) is 15.7. The van der Waals surface area contributed by atoms with Crippen LogP contribution in [-0.4, -0.2) is 17.1 Å². The lowest BCUT2D eigenvalue weighted by Crippen LogP contribution is -2.18. The number of ether oxygens (including phenoxy) is 1. The summed E-state index contributed by atoms with van der Waals surface area (Å²) in [7, 11) is 0. The van der Waals surface area contributed by atoms with Crippen LogP contribution in [0.3, 0.4) is 0 Å². The van der Waals surface area contributed by atoms with Crippen LogP contribution < -0.4 is 0 Å². The number of para-hydroxylation sites is 1. The van der Waals surface area contributed by atoms with E-state index in [9.17, 15) is 9.18 Å². The zero-order chi connectivity index (χ0) is 20.4. The van der Waals surface area contributed by atoms with Gasteiger partial charge in [-0.05, 0) is 67.2 Å². The van der Waals surface area contributed by atoms with Gasteiger partial charge in [-0.25, -0.2) is 14.2 Å². The molecular formula is C24H19FN2O2. The summed E-state index contributed by atoms with van der Waals surface area (Å²) in [5, 5.41) is 9.76. The number of aromatic nitrogens is 1. The number of benzene rings is 2. The molecule has 4 nitrogen and oxygen atoms in total. The number of esters is 1. The molecule has 0 aliphatic heterocycles. The van der Waals surface area contributed by atoms with E-state index in [2.05, 4.69) is 0 Å². The summed E-state index contributed by atoms with van der Waals surface area (Å²) in [5.41, 5.74) is 4.69. The van der Waals surface area contributed by atoms with Crippen LogP contribution in [-0.2, 0) is 11.2 Å². The van der Waals surface area contributed by atoms with Crippen molar-refractivity contribution in [3.63, 3.8) is 0 Å². The molecule has 0 radical (unpaired) electrons. The third-order valence-corrected chi connectivity index (χ3v) is 5.05. The summed E-state index contributed by atoms with van der Waals surface area (Å²) in [4.78, 5) is 17.8. The van der Waals surface area contributed by atoms with Gasteiger partial charge in [-0.3, -0.25) is 0 Å². The van der Waals surface area contributed by atoms with Gasteiger partial charge in [-0.1, -0.05) is 30.3 Å². The average Bonchev–Trinajstić information content (AvgIpc) is 2.73. The van der Waals surface area contributed by atoms with Gasteiger partial charge in [0.25, 0.3) is 0 Å². The van der Waals surface area contributed by atoms with Crippen molar-refractivity contribution < 1.29 is 13.9 Å². The van der Waals surface area contributed by atoms with Crippen molar-refractivity contribution in [1.82, 2.24) is 4.98 Å². The molecular weight excluding hydrogens is 367 g/mol. The lowest BCUT2D eigenvalue weighted by molar-refractivity contribution is 0.0436. The van der Waals surface area contributed by atoms with Crippen molar-refractivity contribution in [3.8, 4) is 6.07 Å². The van der Waals surface area contributed by atoms with Crippen molar-refractivity contribution in [2.45, 2.75) is 32.3 Å². The Balaban J connectivity index is 1.89. The first-order valence-electron chi connectivity index (χ1n) is 9.55. The lowest BCUT2D eigenvalue weighted by Gasteiger charge is -2.22. The Morgan fingerprint density at radius 2 is 1.97 bits per heavy atom. The summed E-state index contributed by atoms with van der Waals surface area (Å²) < 4.78 is 18.6. The lowest BCUT2D eigenvalue weighted by atomic mass is 9.86. The van der Waals surface area contributed by atoms with Gasteiger partial charge in [0, 0.05) is 5.39 Å². The van der Waals surface area contributed by atoms with Gasteiger partial charge >= 0.3 is 5.97 Å². The summed E-state index contributed by atoms with van der Waals surface area (Å²) in [5.74, 6) is -0.783. The van der Waals surface area contributed by atoms with Crippen LogP contribution >= 0.6 is 0 Å². The quantitative estimate of drug-likeness (QED) is 0.572. The third kappa shape index (κ3) is 3.74. The molecule has 0 saturated carbocycles. The molecule has 1 aromatic heterocycles. The van der Waals surface area contributed by atoms with Crippen LogP contribution in [0.4, 0.5) is 4.39 Å². The number of halogens is 1. The summed E-state index contributed by atoms with van der Waals surface area (Å²) >= 11 is 0. The van der Waals surface area contributed by atoms with Crippen molar-refractivity contribution >= 4 is 28.5 Å². The molecule has 0 saturated heterocycles. The van der Waals surface area contributed by atoms with Gasteiger partial charge in [-0.2, -0.15) is 5.26 Å². The zero-order valence-electron chi connectivity index (χ0n) is 16.0. The number of nitrogens with zero attached hydrogens (tertiary/aromatic N) is 2. The van der Waals surface area contributed by atoms with E-state index in [1.54, 1.807) is 19.1 Å². The molecule has 1 atom stereocenters. The van der Waals surface area contributed by atoms with Gasteiger partial charge in [-0.15, -0.1) is 0 Å². The molecule has 0 bridgehead atoms. The number of allylic oxidation sites excluding steroid dienone is 1. The molecule has 1 aliphatic rings. The van der Waals surface area contributed by atoms with Crippen LogP contribution in [0.15, 0.2) is 48.5 Å². The molecule has 5 heteroatoms. The monoisotopic (exact) mass is 386 g/mol. The highest BCUT2D eigenvalue weighted by atomic mass is 19.1. The molecule has 0 N–H and O–H groups in total. The smallest absolute Gasteiger partial charge is 0.340 e. The van der Waals surface area contributed by atoms with Gasteiger partial charge < -0.3 is 4.74 Å². The Morgan fingerprint density at radius 1 is 1.21 bits per heavy atom. The third-order valence-electron chi connectivity index (χ3n) is 5.05. The van der Waals surface area contributed by atoms with Crippen molar-refractivity contribution in [2.75, 3.05) is 0 Å². The fraction of sp³-hybridized carbons (Fsp3) is 0.208. The van der Waals surface area contributed by atoms with Crippen LogP contribution in [0, 0.1) is 17.1 Å². The topological polar surface area (TPSA) is 63.0 Å². The summed E-state index contributed by atoms with van der Waals surface area (Å²) in [6.07, 6.45) is 3.56. The van der Waals surface area contributed by atoms with E-state index >= 15 is 0 Å². The first kappa shape index (κ1) is 18.8.